The third-order valence-electron chi connectivity index (χ3n) is 3.03. The summed E-state index contributed by atoms with van der Waals surface area (Å²) in [5, 5.41) is 10.6. The van der Waals surface area contributed by atoms with E-state index in [0.717, 1.165) is 6.07 Å². The van der Waals surface area contributed by atoms with Gasteiger partial charge in [-0.15, -0.1) is 0 Å². The van der Waals surface area contributed by atoms with Crippen LogP contribution >= 0.6 is 11.3 Å². The zero-order valence-corrected chi connectivity index (χ0v) is 12.6. The summed E-state index contributed by atoms with van der Waals surface area (Å²) in [5.41, 5.74) is 5.13. The first-order valence-electron chi connectivity index (χ1n) is 5.90. The monoisotopic (exact) mass is 321 g/mol. The minimum Gasteiger partial charge on any atom is -0.385 e. The SMILES string of the molecule is CC1CN(S(=O)(=O)c2cc([N+](=O)[O-])c(N)s2)C(C)CO1. The highest BCUT2D eigenvalue weighted by atomic mass is 32.2. The van der Waals surface area contributed by atoms with Gasteiger partial charge in [-0.25, -0.2) is 8.42 Å². The molecule has 1 aromatic heterocycles. The van der Waals surface area contributed by atoms with Crippen LogP contribution in [0.25, 0.3) is 0 Å². The second kappa shape index (κ2) is 5.28. The summed E-state index contributed by atoms with van der Waals surface area (Å²) >= 11 is 0.712. The molecule has 1 aliphatic heterocycles. The van der Waals surface area contributed by atoms with E-state index in [1.54, 1.807) is 13.8 Å². The standard InChI is InChI=1S/C10H15N3O5S2/c1-6-5-18-7(2)4-12(6)20(16,17)9-3-8(13(14)15)10(11)19-9/h3,6-7H,4-5,11H2,1-2H3. The fourth-order valence-electron chi connectivity index (χ4n) is 1.97. The number of hydrogen-bond acceptors (Lipinski definition) is 7. The largest absolute Gasteiger partial charge is 0.385 e. The Morgan fingerprint density at radius 1 is 1.55 bits per heavy atom. The summed E-state index contributed by atoms with van der Waals surface area (Å²) in [5.74, 6) is 0. The molecule has 2 unspecified atom stereocenters. The molecule has 1 aromatic rings. The molecule has 0 bridgehead atoms. The van der Waals surface area contributed by atoms with Crippen molar-refractivity contribution in [2.24, 2.45) is 0 Å². The van der Waals surface area contributed by atoms with Crippen LogP contribution in [-0.4, -0.2) is 42.9 Å². The van der Waals surface area contributed by atoms with E-state index >= 15 is 0 Å². The molecular formula is C10H15N3O5S2. The molecule has 0 aromatic carbocycles. The number of nitrogen functional groups attached to an aromatic ring is 1. The topological polar surface area (TPSA) is 116 Å². The van der Waals surface area contributed by atoms with Gasteiger partial charge in [0, 0.05) is 18.7 Å². The average molecular weight is 321 g/mol. The average Bonchev–Trinajstić information content (AvgIpc) is 2.75. The van der Waals surface area contributed by atoms with Gasteiger partial charge in [-0.05, 0) is 13.8 Å². The molecule has 2 rings (SSSR count). The van der Waals surface area contributed by atoms with Gasteiger partial charge in [0.15, 0.2) is 5.00 Å². The summed E-state index contributed by atoms with van der Waals surface area (Å²) in [7, 11) is -3.79. The maximum absolute atomic E-state index is 12.5. The Bertz CT molecular complexity index is 627. The maximum Gasteiger partial charge on any atom is 0.304 e. The van der Waals surface area contributed by atoms with E-state index in [1.807, 2.05) is 0 Å². The Kier molecular flexibility index (Phi) is 4.00. The van der Waals surface area contributed by atoms with E-state index in [1.165, 1.54) is 4.31 Å². The first-order valence-corrected chi connectivity index (χ1v) is 8.16. The normalized spacial score (nSPS) is 24.7. The Morgan fingerprint density at radius 3 is 2.75 bits per heavy atom. The van der Waals surface area contributed by atoms with Crippen LogP contribution in [0.2, 0.25) is 0 Å². The van der Waals surface area contributed by atoms with Crippen LogP contribution < -0.4 is 5.73 Å². The molecule has 0 radical (unpaired) electrons. The Hall–Kier alpha value is -1.23. The first kappa shape index (κ1) is 15.2. The third kappa shape index (κ3) is 2.64. The smallest absolute Gasteiger partial charge is 0.304 e. The molecule has 1 saturated heterocycles. The van der Waals surface area contributed by atoms with Crippen molar-refractivity contribution in [3.8, 4) is 0 Å². The van der Waals surface area contributed by atoms with Crippen molar-refractivity contribution in [2.75, 3.05) is 18.9 Å². The molecule has 10 heteroatoms. The van der Waals surface area contributed by atoms with Crippen molar-refractivity contribution >= 4 is 32.0 Å². The Labute approximate surface area is 120 Å². The fraction of sp³-hybridized carbons (Fsp3) is 0.600. The predicted molar refractivity (Wildman–Crippen MR) is 74.2 cm³/mol. The predicted octanol–water partition coefficient (Wildman–Crippen LogP) is 1.04. The van der Waals surface area contributed by atoms with Crippen LogP contribution in [0.15, 0.2) is 10.3 Å². The van der Waals surface area contributed by atoms with Gasteiger partial charge in [-0.3, -0.25) is 10.1 Å². The Morgan fingerprint density at radius 2 is 2.20 bits per heavy atom. The van der Waals surface area contributed by atoms with Crippen molar-refractivity contribution in [3.63, 3.8) is 0 Å². The van der Waals surface area contributed by atoms with Crippen LogP contribution in [0.3, 0.4) is 0 Å². The van der Waals surface area contributed by atoms with Gasteiger partial charge >= 0.3 is 5.69 Å². The van der Waals surface area contributed by atoms with Crippen molar-refractivity contribution in [2.45, 2.75) is 30.2 Å². The maximum atomic E-state index is 12.5. The van der Waals surface area contributed by atoms with E-state index in [4.69, 9.17) is 10.5 Å². The highest BCUT2D eigenvalue weighted by Crippen LogP contribution is 2.36. The highest BCUT2D eigenvalue weighted by molar-refractivity contribution is 7.91. The van der Waals surface area contributed by atoms with E-state index < -0.39 is 14.9 Å². The lowest BCUT2D eigenvalue weighted by Crippen LogP contribution is -2.49. The summed E-state index contributed by atoms with van der Waals surface area (Å²) in [6.45, 7) is 4.02. The summed E-state index contributed by atoms with van der Waals surface area (Å²) < 4.78 is 31.6. The van der Waals surface area contributed by atoms with Crippen LogP contribution in [0.5, 0.6) is 0 Å². The van der Waals surface area contributed by atoms with E-state index in [-0.39, 0.29) is 33.6 Å². The van der Waals surface area contributed by atoms with Gasteiger partial charge in [0.05, 0.1) is 17.6 Å². The lowest BCUT2D eigenvalue weighted by Gasteiger charge is -2.35. The minimum absolute atomic E-state index is 0.109. The third-order valence-corrected chi connectivity index (χ3v) is 6.41. The molecule has 0 spiro atoms. The number of hydrogen-bond donors (Lipinski definition) is 1. The van der Waals surface area contributed by atoms with Crippen molar-refractivity contribution in [1.29, 1.82) is 0 Å². The number of nitrogens with two attached hydrogens (primary N) is 1. The Balaban J connectivity index is 2.39. The number of rotatable bonds is 3. The molecule has 112 valence electrons. The van der Waals surface area contributed by atoms with Gasteiger partial charge in [0.2, 0.25) is 0 Å². The lowest BCUT2D eigenvalue weighted by molar-refractivity contribution is -0.383. The second-order valence-electron chi connectivity index (χ2n) is 4.64. The number of nitro groups is 1. The summed E-state index contributed by atoms with van der Waals surface area (Å²) in [4.78, 5) is 10.1. The molecule has 0 aliphatic carbocycles. The fourth-order valence-corrected chi connectivity index (χ4v) is 5.00. The molecule has 2 atom stereocenters. The number of sulfonamides is 1. The molecule has 20 heavy (non-hydrogen) atoms. The van der Waals surface area contributed by atoms with Gasteiger partial charge in [-0.2, -0.15) is 4.31 Å². The number of thiophene rings is 1. The van der Waals surface area contributed by atoms with Crippen LogP contribution in [0.4, 0.5) is 10.7 Å². The molecule has 1 fully saturated rings. The number of ether oxygens (including phenoxy) is 1. The highest BCUT2D eigenvalue weighted by Gasteiger charge is 2.36. The number of nitrogens with zero attached hydrogens (tertiary/aromatic N) is 2. The van der Waals surface area contributed by atoms with Crippen LogP contribution in [-0.2, 0) is 14.8 Å². The summed E-state index contributed by atoms with van der Waals surface area (Å²) in [6, 6.07) is 0.695. The lowest BCUT2D eigenvalue weighted by atomic mass is 10.2. The molecular weight excluding hydrogens is 306 g/mol. The number of morpholine rings is 1. The summed E-state index contributed by atoms with van der Waals surface area (Å²) in [6.07, 6.45) is -0.215. The van der Waals surface area contributed by atoms with Crippen molar-refractivity contribution in [1.82, 2.24) is 4.31 Å². The zero-order valence-electron chi connectivity index (χ0n) is 11.0. The van der Waals surface area contributed by atoms with Crippen LogP contribution in [0.1, 0.15) is 13.8 Å². The molecule has 2 heterocycles. The number of anilines is 1. The quantitative estimate of drug-likeness (QED) is 0.656. The van der Waals surface area contributed by atoms with E-state index in [2.05, 4.69) is 0 Å². The van der Waals surface area contributed by atoms with Gasteiger partial charge in [0.1, 0.15) is 4.21 Å². The second-order valence-corrected chi connectivity index (χ2v) is 7.84. The van der Waals surface area contributed by atoms with Crippen LogP contribution in [0, 0.1) is 10.1 Å². The molecule has 0 amide bonds. The van der Waals surface area contributed by atoms with Crippen molar-refractivity contribution < 1.29 is 18.1 Å². The molecule has 0 saturated carbocycles. The zero-order chi connectivity index (χ0) is 15.1. The van der Waals surface area contributed by atoms with Gasteiger partial charge < -0.3 is 10.5 Å². The van der Waals surface area contributed by atoms with Crippen molar-refractivity contribution in [3.05, 3.63) is 16.2 Å². The van der Waals surface area contributed by atoms with Gasteiger partial charge in [0.25, 0.3) is 10.0 Å². The molecule has 2 N–H and O–H groups in total. The van der Waals surface area contributed by atoms with E-state index in [0.29, 0.717) is 17.9 Å². The first-order chi connectivity index (χ1) is 9.23. The molecule has 1 aliphatic rings. The minimum atomic E-state index is -3.79. The molecule has 8 nitrogen and oxygen atoms in total. The van der Waals surface area contributed by atoms with E-state index in [9.17, 15) is 18.5 Å². The van der Waals surface area contributed by atoms with Gasteiger partial charge in [-0.1, -0.05) is 11.3 Å².